The third-order valence-electron chi connectivity index (χ3n) is 4.13. The molecular weight excluding hydrogens is 290 g/mol. The Bertz CT molecular complexity index is 297. The molecule has 6 heteroatoms. The van der Waals surface area contributed by atoms with Crippen LogP contribution in [0.5, 0.6) is 0 Å². The molecule has 0 spiro atoms. The summed E-state index contributed by atoms with van der Waals surface area (Å²) in [6.07, 6.45) is 6.44. The number of halogens is 1. The van der Waals surface area contributed by atoms with Crippen molar-refractivity contribution in [1.82, 2.24) is 4.90 Å². The van der Waals surface area contributed by atoms with Crippen LogP contribution in [0.4, 0.5) is 4.79 Å². The lowest BCUT2D eigenvalue weighted by Crippen LogP contribution is -2.48. The highest BCUT2D eigenvalue weighted by atomic mass is 35.5. The van der Waals surface area contributed by atoms with Gasteiger partial charge in [0.15, 0.2) is 0 Å². The van der Waals surface area contributed by atoms with Crippen molar-refractivity contribution >= 4 is 18.4 Å². The average molecular weight is 322 g/mol. The van der Waals surface area contributed by atoms with Gasteiger partial charge in [-0.25, -0.2) is 4.79 Å². The smallest absolute Gasteiger partial charge is 0.314 e. The fraction of sp³-hybridized carbons (Fsp3) is 0.933. The van der Waals surface area contributed by atoms with E-state index in [9.17, 15) is 9.90 Å². The predicted octanol–water partition coefficient (Wildman–Crippen LogP) is 2.10. The number of primary amides is 1. The third-order valence-corrected chi connectivity index (χ3v) is 4.13. The Kier molecular flexibility index (Phi) is 9.99. The van der Waals surface area contributed by atoms with Crippen molar-refractivity contribution in [2.45, 2.75) is 64.5 Å². The maximum absolute atomic E-state index is 11.4. The molecule has 2 atom stereocenters. The van der Waals surface area contributed by atoms with Crippen molar-refractivity contribution in [3.63, 3.8) is 0 Å². The molecule has 1 saturated carbocycles. The van der Waals surface area contributed by atoms with Crippen molar-refractivity contribution in [1.29, 1.82) is 0 Å². The van der Waals surface area contributed by atoms with Crippen molar-refractivity contribution in [3.05, 3.63) is 0 Å². The molecule has 2 unspecified atom stereocenters. The van der Waals surface area contributed by atoms with Crippen LogP contribution in [0.2, 0.25) is 0 Å². The topological polar surface area (TPSA) is 92.6 Å². The number of hydrogen-bond acceptors (Lipinski definition) is 3. The number of nitrogens with zero attached hydrogens (tertiary/aromatic N) is 1. The van der Waals surface area contributed by atoms with Crippen LogP contribution in [0.25, 0.3) is 0 Å². The minimum absolute atomic E-state index is 0. The molecule has 1 rings (SSSR count). The molecule has 5 N–H and O–H groups in total. The van der Waals surface area contributed by atoms with Crippen LogP contribution < -0.4 is 11.5 Å². The van der Waals surface area contributed by atoms with Gasteiger partial charge in [-0.2, -0.15) is 0 Å². The van der Waals surface area contributed by atoms with E-state index in [4.69, 9.17) is 11.5 Å². The van der Waals surface area contributed by atoms with Gasteiger partial charge in [-0.15, -0.1) is 12.4 Å². The lowest BCUT2D eigenvalue weighted by Gasteiger charge is -2.30. The SMILES string of the molecule is CC(C)CN(CC(O)C(N)CC1CCCCC1)C(N)=O.Cl. The highest BCUT2D eigenvalue weighted by Crippen LogP contribution is 2.27. The second kappa shape index (κ2) is 10.2. The predicted molar refractivity (Wildman–Crippen MR) is 88.4 cm³/mol. The highest BCUT2D eigenvalue weighted by molar-refractivity contribution is 5.85. The van der Waals surface area contributed by atoms with Crippen LogP contribution in [0.15, 0.2) is 0 Å². The number of amides is 2. The maximum Gasteiger partial charge on any atom is 0.314 e. The van der Waals surface area contributed by atoms with E-state index in [1.807, 2.05) is 13.8 Å². The molecule has 0 bridgehead atoms. The average Bonchev–Trinajstić information content (AvgIpc) is 2.38. The molecule has 0 saturated heterocycles. The monoisotopic (exact) mass is 321 g/mol. The second-order valence-electron chi connectivity index (χ2n) is 6.61. The van der Waals surface area contributed by atoms with E-state index in [0.717, 1.165) is 6.42 Å². The summed E-state index contributed by atoms with van der Waals surface area (Å²) in [6, 6.07) is -0.755. The first kappa shape index (κ1) is 20.5. The molecule has 2 amide bonds. The fourth-order valence-electron chi connectivity index (χ4n) is 3.02. The van der Waals surface area contributed by atoms with Crippen molar-refractivity contribution < 1.29 is 9.90 Å². The van der Waals surface area contributed by atoms with Gasteiger partial charge in [0.2, 0.25) is 0 Å². The van der Waals surface area contributed by atoms with Gasteiger partial charge in [0.1, 0.15) is 0 Å². The van der Waals surface area contributed by atoms with Gasteiger partial charge >= 0.3 is 6.03 Å². The number of rotatable bonds is 7. The van der Waals surface area contributed by atoms with Crippen molar-refractivity contribution in [3.8, 4) is 0 Å². The van der Waals surface area contributed by atoms with E-state index in [1.165, 1.54) is 37.0 Å². The van der Waals surface area contributed by atoms with E-state index in [0.29, 0.717) is 18.4 Å². The molecule has 5 nitrogen and oxygen atoms in total. The molecule has 0 heterocycles. The van der Waals surface area contributed by atoms with Gasteiger partial charge in [0.05, 0.1) is 6.10 Å². The van der Waals surface area contributed by atoms with Gasteiger partial charge in [-0.3, -0.25) is 0 Å². The first-order valence-electron chi connectivity index (χ1n) is 7.88. The molecule has 21 heavy (non-hydrogen) atoms. The minimum atomic E-state index is -0.692. The molecule has 0 aromatic rings. The Morgan fingerprint density at radius 2 is 1.81 bits per heavy atom. The Hall–Kier alpha value is -0.520. The van der Waals surface area contributed by atoms with Gasteiger partial charge in [-0.1, -0.05) is 46.0 Å². The Balaban J connectivity index is 0.00000400. The van der Waals surface area contributed by atoms with E-state index in [1.54, 1.807) is 0 Å². The lowest BCUT2D eigenvalue weighted by molar-refractivity contribution is 0.0879. The number of aliphatic hydroxyl groups is 1. The molecule has 0 radical (unpaired) electrons. The fourth-order valence-corrected chi connectivity index (χ4v) is 3.02. The number of aliphatic hydroxyl groups excluding tert-OH is 1. The zero-order chi connectivity index (χ0) is 15.1. The summed E-state index contributed by atoms with van der Waals surface area (Å²) in [5.41, 5.74) is 11.5. The summed E-state index contributed by atoms with van der Waals surface area (Å²) in [7, 11) is 0. The summed E-state index contributed by atoms with van der Waals surface area (Å²) in [5, 5.41) is 10.2. The minimum Gasteiger partial charge on any atom is -0.390 e. The van der Waals surface area contributed by atoms with Crippen LogP contribution in [-0.4, -0.2) is 41.3 Å². The number of carbonyl (C=O) groups is 1. The standard InChI is InChI=1S/C15H31N3O2.ClH/c1-11(2)9-18(15(17)20)10-14(19)13(16)8-12-6-4-3-5-7-12;/h11-14,19H,3-10,16H2,1-2H3,(H2,17,20);1H. The van der Waals surface area contributed by atoms with Crippen LogP contribution in [0.3, 0.4) is 0 Å². The summed E-state index contributed by atoms with van der Waals surface area (Å²) in [6.45, 7) is 4.83. The summed E-state index contributed by atoms with van der Waals surface area (Å²) < 4.78 is 0. The number of urea groups is 1. The first-order valence-corrected chi connectivity index (χ1v) is 7.88. The summed E-state index contributed by atoms with van der Waals surface area (Å²) in [5.74, 6) is 0.949. The van der Waals surface area contributed by atoms with E-state index in [2.05, 4.69) is 0 Å². The van der Waals surface area contributed by atoms with Crippen LogP contribution >= 0.6 is 12.4 Å². The molecular formula is C15H32ClN3O2. The van der Waals surface area contributed by atoms with Crippen LogP contribution in [0, 0.1) is 11.8 Å². The van der Waals surface area contributed by atoms with Crippen molar-refractivity contribution in [2.75, 3.05) is 13.1 Å². The normalized spacial score (nSPS) is 18.9. The molecule has 0 aliphatic heterocycles. The van der Waals surface area contributed by atoms with Gasteiger partial charge in [0, 0.05) is 19.1 Å². The second-order valence-corrected chi connectivity index (χ2v) is 6.61. The molecule has 1 aliphatic carbocycles. The van der Waals surface area contributed by atoms with E-state index >= 15 is 0 Å². The first-order chi connectivity index (χ1) is 9.40. The van der Waals surface area contributed by atoms with Crippen LogP contribution in [-0.2, 0) is 0 Å². The van der Waals surface area contributed by atoms with Gasteiger partial charge in [0.25, 0.3) is 0 Å². The zero-order valence-electron chi connectivity index (χ0n) is 13.3. The molecule has 1 aliphatic rings. The molecule has 0 aromatic heterocycles. The molecule has 0 aromatic carbocycles. The number of hydrogen-bond donors (Lipinski definition) is 3. The Morgan fingerprint density at radius 1 is 1.24 bits per heavy atom. The maximum atomic E-state index is 11.4. The van der Waals surface area contributed by atoms with Gasteiger partial charge in [-0.05, 0) is 18.3 Å². The lowest BCUT2D eigenvalue weighted by atomic mass is 9.84. The Labute approximate surface area is 134 Å². The molecule has 126 valence electrons. The summed E-state index contributed by atoms with van der Waals surface area (Å²) in [4.78, 5) is 12.9. The van der Waals surface area contributed by atoms with E-state index in [-0.39, 0.29) is 25.0 Å². The number of carbonyl (C=O) groups excluding carboxylic acids is 1. The quantitative estimate of drug-likeness (QED) is 0.670. The largest absolute Gasteiger partial charge is 0.390 e. The highest BCUT2D eigenvalue weighted by Gasteiger charge is 2.24. The van der Waals surface area contributed by atoms with Crippen molar-refractivity contribution in [2.24, 2.45) is 23.3 Å². The number of nitrogens with two attached hydrogens (primary N) is 2. The van der Waals surface area contributed by atoms with E-state index < -0.39 is 12.1 Å². The van der Waals surface area contributed by atoms with Gasteiger partial charge < -0.3 is 21.5 Å². The summed E-state index contributed by atoms with van der Waals surface area (Å²) >= 11 is 0. The van der Waals surface area contributed by atoms with Crippen LogP contribution in [0.1, 0.15) is 52.4 Å². The zero-order valence-corrected chi connectivity index (χ0v) is 14.1. The third kappa shape index (κ3) is 7.88. The Morgan fingerprint density at radius 3 is 2.29 bits per heavy atom. The molecule has 1 fully saturated rings.